The van der Waals surface area contributed by atoms with Crippen molar-refractivity contribution in [1.29, 1.82) is 0 Å². The number of Topliss-reactive ketones (excluding diaryl/α,β-unsaturated/α-hetero) is 1. The van der Waals surface area contributed by atoms with E-state index in [9.17, 15) is 27.0 Å². The van der Waals surface area contributed by atoms with Gasteiger partial charge >= 0.3 is 6.18 Å². The highest BCUT2D eigenvalue weighted by atomic mass is 35.5. The largest absolute Gasteiger partial charge is 0.416 e. The molecule has 3 N–H and O–H groups in total. The molecule has 0 saturated carbocycles. The molecule has 29 heavy (non-hydrogen) atoms. The second kappa shape index (κ2) is 8.41. The molecule has 2 atom stereocenters. The van der Waals surface area contributed by atoms with Gasteiger partial charge in [0.05, 0.1) is 16.4 Å². The first-order valence-corrected chi connectivity index (χ1v) is 10.2. The van der Waals surface area contributed by atoms with Gasteiger partial charge in [-0.1, -0.05) is 23.2 Å². The van der Waals surface area contributed by atoms with E-state index in [-0.39, 0.29) is 29.3 Å². The summed E-state index contributed by atoms with van der Waals surface area (Å²) >= 11 is 12.2. The molecular formula is C16H15Cl2F3N4O3S. The Morgan fingerprint density at radius 2 is 1.83 bits per heavy atom. The van der Waals surface area contributed by atoms with Crippen molar-refractivity contribution in [2.75, 3.05) is 12.8 Å². The van der Waals surface area contributed by atoms with E-state index in [0.29, 0.717) is 12.1 Å². The fraction of sp³-hybridized carbons (Fsp3) is 0.375. The van der Waals surface area contributed by atoms with E-state index in [1.54, 1.807) is 0 Å². The highest BCUT2D eigenvalue weighted by Gasteiger charge is 2.52. The number of primary amides is 1. The molecule has 0 fully saturated rings. The molecule has 0 aliphatic carbocycles. The van der Waals surface area contributed by atoms with E-state index in [1.807, 2.05) is 0 Å². The Morgan fingerprint density at radius 3 is 2.24 bits per heavy atom. The average molecular weight is 471 g/mol. The van der Waals surface area contributed by atoms with Gasteiger partial charge in [0.1, 0.15) is 4.91 Å². The molecule has 13 heteroatoms. The summed E-state index contributed by atoms with van der Waals surface area (Å²) in [6.07, 6.45) is -3.57. The number of azo groups is 1. The van der Waals surface area contributed by atoms with Gasteiger partial charge in [-0.2, -0.15) is 18.3 Å². The fourth-order valence-electron chi connectivity index (χ4n) is 2.80. The summed E-state index contributed by atoms with van der Waals surface area (Å²) in [6, 6.07) is 1.22. The van der Waals surface area contributed by atoms with Crippen LogP contribution in [0.3, 0.4) is 0 Å². The van der Waals surface area contributed by atoms with E-state index < -0.39 is 49.8 Å². The first kappa shape index (κ1) is 23.3. The summed E-state index contributed by atoms with van der Waals surface area (Å²) in [5.74, 6) is -1.39. The number of carbonyl (C=O) groups excluding carboxylic acids is 2. The van der Waals surface area contributed by atoms with E-state index in [0.717, 1.165) is 6.92 Å². The first-order chi connectivity index (χ1) is 13.3. The Bertz CT molecular complexity index is 942. The number of alkyl halides is 3. The number of halogens is 5. The number of amides is 1. The number of nitrogens with one attached hydrogen (secondary N) is 1. The van der Waals surface area contributed by atoms with E-state index >= 15 is 0 Å². The second-order valence-electron chi connectivity index (χ2n) is 6.05. The molecule has 1 aliphatic heterocycles. The predicted molar refractivity (Wildman–Crippen MR) is 102 cm³/mol. The Labute approximate surface area is 176 Å². The van der Waals surface area contributed by atoms with Gasteiger partial charge in [-0.05, 0) is 19.1 Å². The van der Waals surface area contributed by atoms with Crippen LogP contribution in [-0.4, -0.2) is 28.7 Å². The van der Waals surface area contributed by atoms with Gasteiger partial charge in [0.15, 0.2) is 11.6 Å². The third-order valence-corrected chi connectivity index (χ3v) is 5.70. The number of benzene rings is 1. The first-order valence-electron chi connectivity index (χ1n) is 7.93. The molecule has 7 nitrogen and oxygen atoms in total. The summed E-state index contributed by atoms with van der Waals surface area (Å²) in [6.45, 7) is 1.11. The summed E-state index contributed by atoms with van der Waals surface area (Å²) in [5, 5.41) is 9.47. The summed E-state index contributed by atoms with van der Waals surface area (Å²) in [7, 11) is -1.86. The van der Waals surface area contributed by atoms with Crippen molar-refractivity contribution in [2.24, 2.45) is 16.0 Å². The minimum atomic E-state index is -4.72. The molecule has 0 bridgehead atoms. The molecule has 1 aromatic carbocycles. The zero-order valence-electron chi connectivity index (χ0n) is 15.1. The Kier molecular flexibility index (Phi) is 6.75. The van der Waals surface area contributed by atoms with Crippen molar-refractivity contribution in [1.82, 2.24) is 5.32 Å². The number of hydrogen-bond acceptors (Lipinski definition) is 6. The molecule has 0 saturated heterocycles. The number of ketones is 1. The zero-order chi connectivity index (χ0) is 22.1. The van der Waals surface area contributed by atoms with Crippen LogP contribution in [-0.2, 0) is 32.1 Å². The monoisotopic (exact) mass is 470 g/mol. The molecule has 0 radical (unpaired) electrons. The van der Waals surface area contributed by atoms with Gasteiger partial charge in [-0.15, -0.1) is 5.11 Å². The predicted octanol–water partition coefficient (Wildman–Crippen LogP) is 3.27. The molecule has 1 aliphatic rings. The maximum absolute atomic E-state index is 13.1. The topological polar surface area (TPSA) is 114 Å². The maximum atomic E-state index is 13.1. The lowest BCUT2D eigenvalue weighted by Gasteiger charge is -2.27. The number of carbonyl (C=O) groups is 2. The number of hydrogen-bond donors (Lipinski definition) is 2. The van der Waals surface area contributed by atoms with Crippen molar-refractivity contribution in [3.63, 3.8) is 0 Å². The molecule has 1 aromatic rings. The van der Waals surface area contributed by atoms with Gasteiger partial charge in [0.25, 0.3) is 0 Å². The van der Waals surface area contributed by atoms with Crippen LogP contribution in [0.5, 0.6) is 0 Å². The minimum Gasteiger partial charge on any atom is -0.370 e. The highest BCUT2D eigenvalue weighted by molar-refractivity contribution is 7.88. The van der Waals surface area contributed by atoms with Crippen LogP contribution in [0.2, 0.25) is 10.0 Å². The second-order valence-corrected chi connectivity index (χ2v) is 8.19. The average Bonchev–Trinajstić information content (AvgIpc) is 2.93. The zero-order valence-corrected chi connectivity index (χ0v) is 17.4. The van der Waals surface area contributed by atoms with Crippen LogP contribution in [0.4, 0.5) is 13.2 Å². The molecular weight excluding hydrogens is 456 g/mol. The third-order valence-electron chi connectivity index (χ3n) is 4.04. The van der Waals surface area contributed by atoms with Crippen LogP contribution in [0.1, 0.15) is 24.5 Å². The van der Waals surface area contributed by atoms with Crippen LogP contribution >= 0.6 is 23.2 Å². The normalized spacial score (nSPS) is 20.1. The van der Waals surface area contributed by atoms with Gasteiger partial charge in [0, 0.05) is 34.8 Å². The van der Waals surface area contributed by atoms with Crippen LogP contribution < -0.4 is 11.1 Å². The molecule has 158 valence electrons. The van der Waals surface area contributed by atoms with Gasteiger partial charge in [-0.25, -0.2) is 0 Å². The lowest BCUT2D eigenvalue weighted by atomic mass is 9.86. The molecule has 1 heterocycles. The number of rotatable bonds is 7. The summed E-state index contributed by atoms with van der Waals surface area (Å²) in [4.78, 5) is 23.4. The van der Waals surface area contributed by atoms with Gasteiger partial charge in [-0.3, -0.25) is 13.8 Å². The van der Waals surface area contributed by atoms with Crippen molar-refractivity contribution in [2.45, 2.75) is 25.1 Å². The lowest BCUT2D eigenvalue weighted by Crippen LogP contribution is -2.36. The van der Waals surface area contributed by atoms with Crippen LogP contribution in [0.15, 0.2) is 33.1 Å². The lowest BCUT2D eigenvalue weighted by molar-refractivity contribution is -0.137. The molecule has 0 aromatic heterocycles. The quantitative estimate of drug-likeness (QED) is 0.636. The highest BCUT2D eigenvalue weighted by Crippen LogP contribution is 2.49. The van der Waals surface area contributed by atoms with Crippen LogP contribution in [0.25, 0.3) is 0 Å². The Balaban J connectivity index is 2.70. The van der Waals surface area contributed by atoms with Crippen molar-refractivity contribution in [3.05, 3.63) is 44.0 Å². The summed E-state index contributed by atoms with van der Waals surface area (Å²) in [5.41, 5.74) is 1.61. The number of nitrogens with zero attached hydrogens (tertiary/aromatic N) is 2. The minimum absolute atomic E-state index is 0.00679. The SMILES string of the molecule is CC(=O)C1(c2c(Cl)cc(C(F)(F)F)cc2Cl)N=NC(NCCC(N)=O)=C1S(C)=O. The number of nitrogens with two attached hydrogens (primary N) is 1. The van der Waals surface area contributed by atoms with E-state index in [2.05, 4.69) is 15.5 Å². The maximum Gasteiger partial charge on any atom is 0.416 e. The van der Waals surface area contributed by atoms with Gasteiger partial charge in [0.2, 0.25) is 11.4 Å². The Hall–Kier alpha value is -1.98. The van der Waals surface area contributed by atoms with E-state index in [4.69, 9.17) is 28.9 Å². The molecule has 0 spiro atoms. The summed E-state index contributed by atoms with van der Waals surface area (Å²) < 4.78 is 51.6. The standard InChI is InChI=1S/C16H15Cl2F3N4O3S/c1-7(26)15(12-9(17)5-8(6-10(12)18)16(19,20)21)13(29(2)28)14(24-25-15)23-4-3-11(22)27/h5-6,23H,3-4H2,1-2H3,(H2,22,27). The van der Waals surface area contributed by atoms with E-state index in [1.165, 1.54) is 6.26 Å². The van der Waals surface area contributed by atoms with Crippen molar-refractivity contribution in [3.8, 4) is 0 Å². The Morgan fingerprint density at radius 1 is 1.28 bits per heavy atom. The smallest absolute Gasteiger partial charge is 0.370 e. The fourth-order valence-corrected chi connectivity index (χ4v) is 4.65. The third kappa shape index (κ3) is 4.46. The van der Waals surface area contributed by atoms with Crippen LogP contribution in [0, 0.1) is 0 Å². The van der Waals surface area contributed by atoms with Crippen molar-refractivity contribution < 1.29 is 27.0 Å². The van der Waals surface area contributed by atoms with Gasteiger partial charge < -0.3 is 11.1 Å². The molecule has 2 unspecified atom stereocenters. The van der Waals surface area contributed by atoms with Crippen molar-refractivity contribution >= 4 is 45.7 Å². The molecule has 1 amide bonds. The molecule has 2 rings (SSSR count).